The summed E-state index contributed by atoms with van der Waals surface area (Å²) in [6.45, 7) is 0. The van der Waals surface area contributed by atoms with Crippen molar-refractivity contribution < 1.29 is 17.6 Å². The van der Waals surface area contributed by atoms with Crippen molar-refractivity contribution in [1.29, 1.82) is 0 Å². The zero-order valence-electron chi connectivity index (χ0n) is 8.12. The number of hydrogen-bond donors (Lipinski definition) is 1. The summed E-state index contributed by atoms with van der Waals surface area (Å²) in [5, 5.41) is 3.33. The minimum absolute atomic E-state index is 0.107. The Kier molecular flexibility index (Phi) is 2.14. The van der Waals surface area contributed by atoms with Crippen LogP contribution >= 0.6 is 0 Å². The smallest absolute Gasteiger partial charge is 0.422 e. The third-order valence-electron chi connectivity index (χ3n) is 1.95. The van der Waals surface area contributed by atoms with E-state index in [1.54, 1.807) is 0 Å². The monoisotopic (exact) mass is 232 g/mol. The van der Waals surface area contributed by atoms with Crippen LogP contribution in [0.25, 0.3) is 11.5 Å². The van der Waals surface area contributed by atoms with Crippen molar-refractivity contribution in [1.82, 2.24) is 14.8 Å². The topological polar surface area (TPSA) is 69.9 Å². The fourth-order valence-electron chi connectivity index (χ4n) is 1.24. The molecule has 0 radical (unpaired) electrons. The number of aryl methyl sites for hydroxylation is 1. The lowest BCUT2D eigenvalue weighted by molar-refractivity contribution is -0.141. The van der Waals surface area contributed by atoms with E-state index in [-0.39, 0.29) is 17.5 Å². The summed E-state index contributed by atoms with van der Waals surface area (Å²) in [5.74, 6) is 0.142. The van der Waals surface area contributed by atoms with Gasteiger partial charge in [-0.1, -0.05) is 0 Å². The molecule has 16 heavy (non-hydrogen) atoms. The maximum atomic E-state index is 12.4. The molecule has 0 aromatic carbocycles. The van der Waals surface area contributed by atoms with E-state index in [1.807, 2.05) is 0 Å². The first-order valence-electron chi connectivity index (χ1n) is 4.21. The molecule has 2 N–H and O–H groups in total. The normalized spacial score (nSPS) is 12.0. The van der Waals surface area contributed by atoms with Gasteiger partial charge in [-0.05, 0) is 6.07 Å². The summed E-state index contributed by atoms with van der Waals surface area (Å²) in [6.07, 6.45) is -3.24. The maximum Gasteiger partial charge on any atom is 0.435 e. The lowest BCUT2D eigenvalue weighted by Gasteiger charge is -1.98. The SMILES string of the molecule is Cn1nc(C(F)(F)F)cc1-c1cnc(N)o1. The summed E-state index contributed by atoms with van der Waals surface area (Å²) in [6, 6.07) is 0.768. The number of aromatic nitrogens is 3. The van der Waals surface area contributed by atoms with Crippen LogP contribution in [0.4, 0.5) is 19.2 Å². The molecule has 0 saturated carbocycles. The molecule has 0 fully saturated rings. The second-order valence-corrected chi connectivity index (χ2v) is 3.10. The van der Waals surface area contributed by atoms with Gasteiger partial charge in [0, 0.05) is 7.05 Å². The number of nitrogen functional groups attached to an aromatic ring is 1. The number of nitrogens with zero attached hydrogens (tertiary/aromatic N) is 3. The van der Waals surface area contributed by atoms with Gasteiger partial charge in [0.25, 0.3) is 6.01 Å². The summed E-state index contributed by atoms with van der Waals surface area (Å²) >= 11 is 0. The highest BCUT2D eigenvalue weighted by Gasteiger charge is 2.35. The van der Waals surface area contributed by atoms with E-state index in [0.717, 1.165) is 10.7 Å². The van der Waals surface area contributed by atoms with Crippen LogP contribution in [-0.2, 0) is 13.2 Å². The molecule has 0 spiro atoms. The Morgan fingerprint density at radius 2 is 2.12 bits per heavy atom. The molecule has 2 heterocycles. The third kappa shape index (κ3) is 1.73. The highest BCUT2D eigenvalue weighted by Crippen LogP contribution is 2.31. The summed E-state index contributed by atoms with van der Waals surface area (Å²) in [4.78, 5) is 3.59. The van der Waals surface area contributed by atoms with Gasteiger partial charge in [0.15, 0.2) is 11.5 Å². The Morgan fingerprint density at radius 3 is 2.56 bits per heavy atom. The molecule has 8 heteroatoms. The fourth-order valence-corrected chi connectivity index (χ4v) is 1.24. The molecule has 0 aliphatic heterocycles. The lowest BCUT2D eigenvalue weighted by Crippen LogP contribution is -2.06. The second kappa shape index (κ2) is 3.26. The van der Waals surface area contributed by atoms with Crippen LogP contribution in [0.5, 0.6) is 0 Å². The molecule has 0 saturated heterocycles. The Morgan fingerprint density at radius 1 is 1.44 bits per heavy atom. The average Bonchev–Trinajstić information content (AvgIpc) is 2.70. The van der Waals surface area contributed by atoms with Gasteiger partial charge in [-0.15, -0.1) is 0 Å². The first-order chi connectivity index (χ1) is 7.38. The van der Waals surface area contributed by atoms with Crippen molar-refractivity contribution >= 4 is 6.01 Å². The van der Waals surface area contributed by atoms with Crippen molar-refractivity contribution in [3.63, 3.8) is 0 Å². The molecule has 0 amide bonds. The van der Waals surface area contributed by atoms with E-state index < -0.39 is 11.9 Å². The number of hydrogen-bond acceptors (Lipinski definition) is 4. The molecule has 0 atom stereocenters. The number of oxazole rings is 1. The Labute approximate surface area is 87.7 Å². The van der Waals surface area contributed by atoms with Crippen LogP contribution < -0.4 is 5.73 Å². The highest BCUT2D eigenvalue weighted by molar-refractivity contribution is 5.53. The van der Waals surface area contributed by atoms with Gasteiger partial charge in [-0.2, -0.15) is 18.3 Å². The molecule has 86 valence electrons. The first-order valence-corrected chi connectivity index (χ1v) is 4.21. The number of halogens is 3. The van der Waals surface area contributed by atoms with Crippen LogP contribution in [0.1, 0.15) is 5.69 Å². The van der Waals surface area contributed by atoms with Gasteiger partial charge in [0.1, 0.15) is 5.69 Å². The van der Waals surface area contributed by atoms with E-state index in [0.29, 0.717) is 0 Å². The third-order valence-corrected chi connectivity index (χ3v) is 1.95. The highest BCUT2D eigenvalue weighted by atomic mass is 19.4. The summed E-state index contributed by atoms with van der Waals surface area (Å²) < 4.78 is 43.0. The second-order valence-electron chi connectivity index (χ2n) is 3.10. The molecule has 0 unspecified atom stereocenters. The summed E-state index contributed by atoms with van der Waals surface area (Å²) in [7, 11) is 1.38. The largest absolute Gasteiger partial charge is 0.435 e. The quantitative estimate of drug-likeness (QED) is 0.811. The van der Waals surface area contributed by atoms with Crippen molar-refractivity contribution in [2.24, 2.45) is 7.05 Å². The van der Waals surface area contributed by atoms with Crippen LogP contribution in [0.3, 0.4) is 0 Å². The number of alkyl halides is 3. The Hall–Kier alpha value is -1.99. The predicted octanol–water partition coefficient (Wildman–Crippen LogP) is 1.68. The number of rotatable bonds is 1. The molecule has 0 aliphatic carbocycles. The average molecular weight is 232 g/mol. The molecule has 2 aromatic heterocycles. The maximum absolute atomic E-state index is 12.4. The standard InChI is InChI=1S/C8H7F3N4O/c1-15-4(5-3-13-7(12)16-5)2-6(14-15)8(9,10)11/h2-3H,1H3,(H2,12,13). The van der Waals surface area contributed by atoms with Crippen LogP contribution in [0, 0.1) is 0 Å². The van der Waals surface area contributed by atoms with Gasteiger partial charge in [0.2, 0.25) is 0 Å². The van der Waals surface area contributed by atoms with Crippen LogP contribution in [0.2, 0.25) is 0 Å². The van der Waals surface area contributed by atoms with Gasteiger partial charge in [-0.25, -0.2) is 4.98 Å². The predicted molar refractivity (Wildman–Crippen MR) is 48.1 cm³/mol. The van der Waals surface area contributed by atoms with Gasteiger partial charge < -0.3 is 10.2 Å². The minimum atomic E-state index is -4.48. The number of anilines is 1. The van der Waals surface area contributed by atoms with Crippen molar-refractivity contribution in [2.75, 3.05) is 5.73 Å². The van der Waals surface area contributed by atoms with Crippen molar-refractivity contribution in [3.05, 3.63) is 18.0 Å². The molecular weight excluding hydrogens is 225 g/mol. The zero-order chi connectivity index (χ0) is 11.9. The lowest BCUT2D eigenvalue weighted by atomic mass is 10.3. The van der Waals surface area contributed by atoms with E-state index >= 15 is 0 Å². The van der Waals surface area contributed by atoms with Crippen molar-refractivity contribution in [3.8, 4) is 11.5 Å². The van der Waals surface area contributed by atoms with Crippen LogP contribution in [0.15, 0.2) is 16.7 Å². The van der Waals surface area contributed by atoms with Crippen molar-refractivity contribution in [2.45, 2.75) is 6.18 Å². The van der Waals surface area contributed by atoms with Gasteiger partial charge in [0.05, 0.1) is 6.20 Å². The molecular formula is C8H7F3N4O. The molecule has 0 aliphatic rings. The summed E-state index contributed by atoms with van der Waals surface area (Å²) in [5.41, 5.74) is 4.41. The molecule has 2 aromatic rings. The minimum Gasteiger partial charge on any atom is -0.422 e. The first kappa shape index (κ1) is 10.5. The van der Waals surface area contributed by atoms with E-state index in [4.69, 9.17) is 10.2 Å². The Bertz CT molecular complexity index is 514. The number of nitrogens with two attached hydrogens (primary N) is 1. The zero-order valence-corrected chi connectivity index (χ0v) is 8.12. The molecule has 5 nitrogen and oxygen atoms in total. The Balaban J connectivity index is 2.47. The van der Waals surface area contributed by atoms with E-state index in [1.165, 1.54) is 13.2 Å². The molecule has 0 bridgehead atoms. The van der Waals surface area contributed by atoms with E-state index in [9.17, 15) is 13.2 Å². The van der Waals surface area contributed by atoms with Gasteiger partial charge in [-0.3, -0.25) is 4.68 Å². The fraction of sp³-hybridized carbons (Fsp3) is 0.250. The van der Waals surface area contributed by atoms with Crippen LogP contribution in [-0.4, -0.2) is 14.8 Å². The molecule has 2 rings (SSSR count). The van der Waals surface area contributed by atoms with E-state index in [2.05, 4.69) is 10.1 Å². The van der Waals surface area contributed by atoms with Gasteiger partial charge >= 0.3 is 6.18 Å².